The minimum atomic E-state index is -0.356. The lowest BCUT2D eigenvalue weighted by Gasteiger charge is -2.25. The van der Waals surface area contributed by atoms with Crippen LogP contribution in [0.25, 0.3) is 0 Å². The van der Waals surface area contributed by atoms with Crippen LogP contribution in [-0.4, -0.2) is 5.11 Å². The molecule has 0 aromatic heterocycles. The van der Waals surface area contributed by atoms with E-state index in [9.17, 15) is 5.11 Å². The van der Waals surface area contributed by atoms with Crippen molar-refractivity contribution in [2.24, 2.45) is 11.7 Å². The lowest BCUT2D eigenvalue weighted by Crippen LogP contribution is -2.35. The minimum Gasteiger partial charge on any atom is -0.508 e. The molecule has 0 heterocycles. The summed E-state index contributed by atoms with van der Waals surface area (Å²) in [6.45, 7) is 2.00. The van der Waals surface area contributed by atoms with Crippen LogP contribution in [0.3, 0.4) is 0 Å². The van der Waals surface area contributed by atoms with Gasteiger partial charge in [0.1, 0.15) is 5.75 Å². The summed E-state index contributed by atoms with van der Waals surface area (Å²) in [5.74, 6) is 0.861. The van der Waals surface area contributed by atoms with E-state index in [1.165, 1.54) is 12.8 Å². The van der Waals surface area contributed by atoms with Gasteiger partial charge in [-0.25, -0.2) is 0 Å². The van der Waals surface area contributed by atoms with E-state index in [2.05, 4.69) is 0 Å². The van der Waals surface area contributed by atoms with Crippen LogP contribution in [0, 0.1) is 5.92 Å². The smallest absolute Gasteiger partial charge is 0.120 e. The van der Waals surface area contributed by atoms with Crippen molar-refractivity contribution in [1.82, 2.24) is 0 Å². The Hall–Kier alpha value is -1.02. The zero-order valence-electron chi connectivity index (χ0n) is 7.83. The summed E-state index contributed by atoms with van der Waals surface area (Å²) in [6, 6.07) is 7.35. The van der Waals surface area contributed by atoms with Crippen LogP contribution >= 0.6 is 0 Å². The molecule has 13 heavy (non-hydrogen) atoms. The lowest BCUT2D eigenvalue weighted by molar-refractivity contribution is 0.390. The second kappa shape index (κ2) is 2.74. The highest BCUT2D eigenvalue weighted by Gasteiger charge is 2.40. The molecule has 1 aromatic carbocycles. The Bertz CT molecular complexity index is 316. The highest BCUT2D eigenvalue weighted by Crippen LogP contribution is 2.45. The first-order valence-corrected chi connectivity index (χ1v) is 4.69. The monoisotopic (exact) mass is 177 g/mol. The van der Waals surface area contributed by atoms with Crippen molar-refractivity contribution in [2.75, 3.05) is 0 Å². The third-order valence-electron chi connectivity index (χ3n) is 2.91. The quantitative estimate of drug-likeness (QED) is 0.725. The maximum atomic E-state index is 9.64. The zero-order valence-corrected chi connectivity index (χ0v) is 7.83. The van der Waals surface area contributed by atoms with E-state index < -0.39 is 0 Å². The Kier molecular flexibility index (Phi) is 1.81. The fraction of sp³-hybridized carbons (Fsp3) is 0.455. The first kappa shape index (κ1) is 8.57. The van der Waals surface area contributed by atoms with Crippen molar-refractivity contribution < 1.29 is 5.11 Å². The van der Waals surface area contributed by atoms with Gasteiger partial charge in [0.25, 0.3) is 0 Å². The predicted molar refractivity (Wildman–Crippen MR) is 52.4 cm³/mol. The van der Waals surface area contributed by atoms with Crippen LogP contribution in [0.4, 0.5) is 0 Å². The second-order valence-corrected chi connectivity index (χ2v) is 4.07. The Morgan fingerprint density at radius 2 is 2.00 bits per heavy atom. The summed E-state index contributed by atoms with van der Waals surface area (Å²) in [4.78, 5) is 0. The molecule has 1 saturated carbocycles. The zero-order chi connectivity index (χ0) is 9.47. The molecule has 0 radical (unpaired) electrons. The van der Waals surface area contributed by atoms with E-state index in [0.29, 0.717) is 11.7 Å². The molecular weight excluding hydrogens is 162 g/mol. The van der Waals surface area contributed by atoms with E-state index >= 15 is 0 Å². The van der Waals surface area contributed by atoms with Gasteiger partial charge in [0, 0.05) is 11.1 Å². The molecule has 70 valence electrons. The molecule has 1 aromatic rings. The molecule has 1 aliphatic carbocycles. The minimum absolute atomic E-state index is 0.319. The number of phenols is 1. The largest absolute Gasteiger partial charge is 0.508 e. The highest BCUT2D eigenvalue weighted by atomic mass is 16.3. The third-order valence-corrected chi connectivity index (χ3v) is 2.91. The summed E-state index contributed by atoms with van der Waals surface area (Å²) >= 11 is 0. The first-order chi connectivity index (χ1) is 6.12. The number of hydrogen-bond donors (Lipinski definition) is 2. The molecule has 0 spiro atoms. The van der Waals surface area contributed by atoms with Crippen LogP contribution in [-0.2, 0) is 5.54 Å². The number of nitrogens with two attached hydrogens (primary N) is 1. The van der Waals surface area contributed by atoms with Crippen molar-refractivity contribution in [3.8, 4) is 5.75 Å². The summed E-state index contributed by atoms with van der Waals surface area (Å²) in [7, 11) is 0. The normalized spacial score (nSPS) is 21.1. The fourth-order valence-corrected chi connectivity index (χ4v) is 1.83. The van der Waals surface area contributed by atoms with Crippen molar-refractivity contribution in [2.45, 2.75) is 25.3 Å². The van der Waals surface area contributed by atoms with Gasteiger partial charge in [0.2, 0.25) is 0 Å². The molecule has 2 nitrogen and oxygen atoms in total. The van der Waals surface area contributed by atoms with Gasteiger partial charge in [-0.3, -0.25) is 0 Å². The molecule has 2 heteroatoms. The number of aromatic hydroxyl groups is 1. The van der Waals surface area contributed by atoms with Crippen molar-refractivity contribution in [3.05, 3.63) is 29.8 Å². The average Bonchev–Trinajstić information content (AvgIpc) is 2.86. The molecular formula is C11H15NO. The van der Waals surface area contributed by atoms with Crippen LogP contribution in [0.1, 0.15) is 25.3 Å². The van der Waals surface area contributed by atoms with Crippen molar-refractivity contribution in [1.29, 1.82) is 0 Å². The summed E-state index contributed by atoms with van der Waals surface area (Å²) in [5, 5.41) is 9.64. The SMILES string of the molecule is CC(N)(c1ccccc1O)C1CC1. The Morgan fingerprint density at radius 3 is 2.54 bits per heavy atom. The maximum Gasteiger partial charge on any atom is 0.120 e. The van der Waals surface area contributed by atoms with Crippen LogP contribution < -0.4 is 5.73 Å². The maximum absolute atomic E-state index is 9.64. The second-order valence-electron chi connectivity index (χ2n) is 4.07. The number of phenolic OH excluding ortho intramolecular Hbond substituents is 1. The van der Waals surface area contributed by atoms with Crippen LogP contribution in [0.15, 0.2) is 24.3 Å². The van der Waals surface area contributed by atoms with Gasteiger partial charge in [0.15, 0.2) is 0 Å². The molecule has 0 saturated heterocycles. The van der Waals surface area contributed by atoms with Crippen molar-refractivity contribution in [3.63, 3.8) is 0 Å². The van der Waals surface area contributed by atoms with Gasteiger partial charge in [-0.05, 0) is 31.7 Å². The van der Waals surface area contributed by atoms with Crippen LogP contribution in [0.5, 0.6) is 5.75 Å². The Morgan fingerprint density at radius 1 is 1.38 bits per heavy atom. The molecule has 1 fully saturated rings. The van der Waals surface area contributed by atoms with Gasteiger partial charge >= 0.3 is 0 Å². The van der Waals surface area contributed by atoms with Gasteiger partial charge in [0.05, 0.1) is 0 Å². The van der Waals surface area contributed by atoms with E-state index in [-0.39, 0.29) is 5.54 Å². The Balaban J connectivity index is 2.38. The molecule has 1 unspecified atom stereocenters. The molecule has 2 rings (SSSR count). The first-order valence-electron chi connectivity index (χ1n) is 4.69. The Labute approximate surface area is 78.4 Å². The summed E-state index contributed by atoms with van der Waals surface area (Å²) < 4.78 is 0. The van der Waals surface area contributed by atoms with Gasteiger partial charge in [-0.1, -0.05) is 18.2 Å². The van der Waals surface area contributed by atoms with E-state index in [0.717, 1.165) is 5.56 Å². The highest BCUT2D eigenvalue weighted by molar-refractivity contribution is 5.38. The molecule has 0 amide bonds. The molecule has 0 bridgehead atoms. The predicted octanol–water partition coefficient (Wildman–Crippen LogP) is 1.98. The average molecular weight is 177 g/mol. The number of hydrogen-bond acceptors (Lipinski definition) is 2. The third kappa shape index (κ3) is 1.42. The summed E-state index contributed by atoms with van der Waals surface area (Å²) in [5.41, 5.74) is 6.70. The van der Waals surface area contributed by atoms with E-state index in [1.54, 1.807) is 6.07 Å². The van der Waals surface area contributed by atoms with E-state index in [1.807, 2.05) is 25.1 Å². The number of para-hydroxylation sites is 1. The van der Waals surface area contributed by atoms with Crippen molar-refractivity contribution >= 4 is 0 Å². The van der Waals surface area contributed by atoms with Gasteiger partial charge < -0.3 is 10.8 Å². The van der Waals surface area contributed by atoms with Gasteiger partial charge in [-0.2, -0.15) is 0 Å². The number of benzene rings is 1. The molecule has 0 aliphatic heterocycles. The molecule has 3 N–H and O–H groups in total. The lowest BCUT2D eigenvalue weighted by atomic mass is 9.87. The van der Waals surface area contributed by atoms with Gasteiger partial charge in [-0.15, -0.1) is 0 Å². The van der Waals surface area contributed by atoms with Crippen LogP contribution in [0.2, 0.25) is 0 Å². The molecule has 1 atom stereocenters. The summed E-state index contributed by atoms with van der Waals surface area (Å²) in [6.07, 6.45) is 2.36. The fourth-order valence-electron chi connectivity index (χ4n) is 1.83. The molecule has 1 aliphatic rings. The van der Waals surface area contributed by atoms with E-state index in [4.69, 9.17) is 5.73 Å². The standard InChI is InChI=1S/C11H15NO/c1-11(12,8-6-7-8)9-4-2-3-5-10(9)13/h2-5,8,13H,6-7,12H2,1H3. The topological polar surface area (TPSA) is 46.2 Å². The number of rotatable bonds is 2.